The molecular weight excluding hydrogens is 259 g/mol. The van der Waals surface area contributed by atoms with E-state index >= 15 is 0 Å². The molecule has 5 nitrogen and oxygen atoms in total. The number of aryl methyl sites for hydroxylation is 1. The number of nitrogens with zero attached hydrogens (tertiary/aromatic N) is 2. The van der Waals surface area contributed by atoms with E-state index in [1.807, 2.05) is 13.8 Å². The number of nitrogens with one attached hydrogen (secondary N) is 2. The third kappa shape index (κ3) is 2.96. The number of anilines is 3. The molecule has 0 aliphatic heterocycles. The lowest BCUT2D eigenvalue weighted by Gasteiger charge is -2.14. The highest BCUT2D eigenvalue weighted by Gasteiger charge is 2.12. The van der Waals surface area contributed by atoms with Gasteiger partial charge in [-0.1, -0.05) is 6.07 Å². The van der Waals surface area contributed by atoms with Crippen molar-refractivity contribution in [2.45, 2.75) is 13.8 Å². The van der Waals surface area contributed by atoms with Crippen molar-refractivity contribution in [3.05, 3.63) is 35.9 Å². The van der Waals surface area contributed by atoms with Gasteiger partial charge in [0.25, 0.3) is 0 Å². The zero-order valence-corrected chi connectivity index (χ0v) is 11.7. The first-order valence-electron chi connectivity index (χ1n) is 6.31. The SMILES string of the molecule is CCNc1ncnc(Nc2cc(F)ccc2C)c1OC. The summed E-state index contributed by atoms with van der Waals surface area (Å²) in [6.07, 6.45) is 1.43. The Morgan fingerprint density at radius 2 is 2.00 bits per heavy atom. The number of methoxy groups -OCH3 is 1. The lowest BCUT2D eigenvalue weighted by Crippen LogP contribution is -2.06. The van der Waals surface area contributed by atoms with E-state index in [0.29, 0.717) is 29.6 Å². The molecule has 0 radical (unpaired) electrons. The molecule has 0 aliphatic carbocycles. The molecule has 20 heavy (non-hydrogen) atoms. The number of hydrogen-bond donors (Lipinski definition) is 2. The Morgan fingerprint density at radius 1 is 1.25 bits per heavy atom. The van der Waals surface area contributed by atoms with Crippen molar-refractivity contribution >= 4 is 17.3 Å². The van der Waals surface area contributed by atoms with Gasteiger partial charge in [-0.2, -0.15) is 0 Å². The average Bonchev–Trinajstić information content (AvgIpc) is 2.43. The molecule has 1 heterocycles. The number of ether oxygens (including phenoxy) is 1. The Labute approximate surface area is 117 Å². The standard InChI is InChI=1S/C14H17FN4O/c1-4-16-13-12(20-3)14(18-8-17-13)19-11-7-10(15)6-5-9(11)2/h5-8H,4H2,1-3H3,(H2,16,17,18,19). The smallest absolute Gasteiger partial charge is 0.204 e. The lowest BCUT2D eigenvalue weighted by molar-refractivity contribution is 0.415. The molecule has 2 N–H and O–H groups in total. The molecule has 0 amide bonds. The van der Waals surface area contributed by atoms with E-state index < -0.39 is 0 Å². The maximum absolute atomic E-state index is 13.3. The fourth-order valence-electron chi connectivity index (χ4n) is 1.81. The fraction of sp³-hybridized carbons (Fsp3) is 0.286. The van der Waals surface area contributed by atoms with E-state index in [-0.39, 0.29) is 5.82 Å². The quantitative estimate of drug-likeness (QED) is 0.878. The van der Waals surface area contributed by atoms with Gasteiger partial charge in [-0.3, -0.25) is 0 Å². The summed E-state index contributed by atoms with van der Waals surface area (Å²) in [7, 11) is 1.54. The fourth-order valence-corrected chi connectivity index (χ4v) is 1.81. The molecule has 2 rings (SSSR count). The predicted octanol–water partition coefficient (Wildman–Crippen LogP) is 3.11. The number of hydrogen-bond acceptors (Lipinski definition) is 5. The van der Waals surface area contributed by atoms with Crippen molar-refractivity contribution in [2.24, 2.45) is 0 Å². The molecule has 0 fully saturated rings. The zero-order valence-electron chi connectivity index (χ0n) is 11.7. The van der Waals surface area contributed by atoms with E-state index in [0.717, 1.165) is 5.56 Å². The van der Waals surface area contributed by atoms with Gasteiger partial charge in [-0.15, -0.1) is 0 Å². The van der Waals surface area contributed by atoms with Crippen LogP contribution in [0.4, 0.5) is 21.7 Å². The Morgan fingerprint density at radius 3 is 2.70 bits per heavy atom. The van der Waals surface area contributed by atoms with Gasteiger partial charge in [0.2, 0.25) is 5.75 Å². The van der Waals surface area contributed by atoms with E-state index in [4.69, 9.17) is 4.74 Å². The van der Waals surface area contributed by atoms with Crippen LogP contribution in [-0.4, -0.2) is 23.6 Å². The summed E-state index contributed by atoms with van der Waals surface area (Å²) >= 11 is 0. The summed E-state index contributed by atoms with van der Waals surface area (Å²) in [6, 6.07) is 4.54. The number of rotatable bonds is 5. The lowest BCUT2D eigenvalue weighted by atomic mass is 10.2. The molecule has 1 aromatic carbocycles. The van der Waals surface area contributed by atoms with Crippen LogP contribution in [0.5, 0.6) is 5.75 Å². The summed E-state index contributed by atoms with van der Waals surface area (Å²) in [4.78, 5) is 8.27. The van der Waals surface area contributed by atoms with E-state index in [9.17, 15) is 4.39 Å². The maximum atomic E-state index is 13.3. The van der Waals surface area contributed by atoms with Crippen molar-refractivity contribution in [1.29, 1.82) is 0 Å². The maximum Gasteiger partial charge on any atom is 0.204 e. The third-order valence-corrected chi connectivity index (χ3v) is 2.80. The second-order valence-electron chi connectivity index (χ2n) is 4.22. The molecule has 0 bridgehead atoms. The monoisotopic (exact) mass is 276 g/mol. The Hall–Kier alpha value is -2.37. The van der Waals surface area contributed by atoms with Crippen molar-refractivity contribution in [3.63, 3.8) is 0 Å². The molecule has 0 atom stereocenters. The summed E-state index contributed by atoms with van der Waals surface area (Å²) in [6.45, 7) is 4.57. The van der Waals surface area contributed by atoms with Gasteiger partial charge >= 0.3 is 0 Å². The minimum atomic E-state index is -0.307. The summed E-state index contributed by atoms with van der Waals surface area (Å²) in [5.74, 6) is 1.28. The average molecular weight is 276 g/mol. The molecule has 0 saturated heterocycles. The third-order valence-electron chi connectivity index (χ3n) is 2.80. The minimum absolute atomic E-state index is 0.307. The highest BCUT2D eigenvalue weighted by atomic mass is 19.1. The summed E-state index contributed by atoms with van der Waals surface area (Å²) < 4.78 is 18.6. The Bertz CT molecular complexity index is 604. The van der Waals surface area contributed by atoms with Crippen LogP contribution in [0.15, 0.2) is 24.5 Å². The van der Waals surface area contributed by atoms with Crippen LogP contribution in [0.1, 0.15) is 12.5 Å². The highest BCUT2D eigenvalue weighted by molar-refractivity contribution is 5.70. The second kappa shape index (κ2) is 6.18. The van der Waals surface area contributed by atoms with Crippen molar-refractivity contribution in [1.82, 2.24) is 9.97 Å². The van der Waals surface area contributed by atoms with Gasteiger partial charge in [0.1, 0.15) is 12.1 Å². The molecule has 106 valence electrons. The Kier molecular flexibility index (Phi) is 4.34. The van der Waals surface area contributed by atoms with Gasteiger partial charge < -0.3 is 15.4 Å². The minimum Gasteiger partial charge on any atom is -0.490 e. The van der Waals surface area contributed by atoms with Crippen LogP contribution in [0, 0.1) is 12.7 Å². The van der Waals surface area contributed by atoms with Gasteiger partial charge in [0.15, 0.2) is 11.6 Å². The molecule has 2 aromatic rings. The van der Waals surface area contributed by atoms with Gasteiger partial charge in [0, 0.05) is 12.2 Å². The van der Waals surface area contributed by atoms with Crippen LogP contribution >= 0.6 is 0 Å². The topological polar surface area (TPSA) is 59.1 Å². The molecule has 0 saturated carbocycles. The molecule has 0 aliphatic rings. The normalized spacial score (nSPS) is 10.2. The first-order chi connectivity index (χ1) is 9.65. The van der Waals surface area contributed by atoms with Crippen LogP contribution in [0.3, 0.4) is 0 Å². The zero-order chi connectivity index (χ0) is 14.5. The van der Waals surface area contributed by atoms with Crippen LogP contribution in [-0.2, 0) is 0 Å². The molecule has 6 heteroatoms. The van der Waals surface area contributed by atoms with Gasteiger partial charge in [0.05, 0.1) is 7.11 Å². The van der Waals surface area contributed by atoms with E-state index in [1.54, 1.807) is 13.2 Å². The molecule has 0 spiro atoms. The number of aromatic nitrogens is 2. The number of benzene rings is 1. The van der Waals surface area contributed by atoms with Crippen LogP contribution in [0.25, 0.3) is 0 Å². The van der Waals surface area contributed by atoms with Crippen LogP contribution < -0.4 is 15.4 Å². The van der Waals surface area contributed by atoms with Crippen LogP contribution in [0.2, 0.25) is 0 Å². The second-order valence-corrected chi connectivity index (χ2v) is 4.22. The largest absolute Gasteiger partial charge is 0.490 e. The first-order valence-corrected chi connectivity index (χ1v) is 6.31. The highest BCUT2D eigenvalue weighted by Crippen LogP contribution is 2.32. The van der Waals surface area contributed by atoms with Crippen molar-refractivity contribution < 1.29 is 9.13 Å². The Balaban J connectivity index is 2.37. The number of halogens is 1. The predicted molar refractivity (Wildman–Crippen MR) is 77.2 cm³/mol. The van der Waals surface area contributed by atoms with E-state index in [2.05, 4.69) is 20.6 Å². The first kappa shape index (κ1) is 14.0. The molecule has 1 aromatic heterocycles. The molecular formula is C14H17FN4O. The summed E-state index contributed by atoms with van der Waals surface area (Å²) in [5.41, 5.74) is 1.56. The summed E-state index contributed by atoms with van der Waals surface area (Å²) in [5, 5.41) is 6.16. The van der Waals surface area contributed by atoms with Crippen molar-refractivity contribution in [2.75, 3.05) is 24.3 Å². The van der Waals surface area contributed by atoms with Gasteiger partial charge in [-0.05, 0) is 31.5 Å². The molecule has 0 unspecified atom stereocenters. The van der Waals surface area contributed by atoms with Gasteiger partial charge in [-0.25, -0.2) is 14.4 Å². The van der Waals surface area contributed by atoms with E-state index in [1.165, 1.54) is 18.5 Å². The van der Waals surface area contributed by atoms with Crippen molar-refractivity contribution in [3.8, 4) is 5.75 Å².